The lowest BCUT2D eigenvalue weighted by Crippen LogP contribution is -2.57. The molecule has 0 saturated carbocycles. The number of nitrogens with zero attached hydrogens (tertiary/aromatic N) is 2. The summed E-state index contributed by atoms with van der Waals surface area (Å²) in [7, 11) is 0. The summed E-state index contributed by atoms with van der Waals surface area (Å²) in [5, 5.41) is 3.34. The molecule has 2 heterocycles. The highest BCUT2D eigenvalue weighted by Crippen LogP contribution is 2.09. The van der Waals surface area contributed by atoms with E-state index in [0.29, 0.717) is 0 Å². The van der Waals surface area contributed by atoms with Crippen molar-refractivity contribution in [2.75, 3.05) is 45.8 Å². The van der Waals surface area contributed by atoms with Crippen LogP contribution in [-0.4, -0.2) is 61.7 Å². The van der Waals surface area contributed by atoms with Gasteiger partial charge in [0.05, 0.1) is 0 Å². The molecule has 2 aliphatic rings. The Morgan fingerprint density at radius 3 is 2.71 bits per heavy atom. The van der Waals surface area contributed by atoms with Crippen molar-refractivity contribution in [2.24, 2.45) is 0 Å². The molecule has 3 heteroatoms. The highest BCUT2D eigenvalue weighted by molar-refractivity contribution is 4.87. The van der Waals surface area contributed by atoms with Crippen molar-refractivity contribution in [3.63, 3.8) is 0 Å². The molecule has 0 radical (unpaired) electrons. The van der Waals surface area contributed by atoms with E-state index in [1.54, 1.807) is 0 Å². The average molecular weight is 195 g/mol. The Morgan fingerprint density at radius 2 is 2.07 bits per heavy atom. The lowest BCUT2D eigenvalue weighted by atomic mass is 10.1. The summed E-state index contributed by atoms with van der Waals surface area (Å²) in [5.74, 6) is 0. The van der Waals surface area contributed by atoms with Crippen LogP contribution in [0.5, 0.6) is 0 Å². The molecule has 0 bridgehead atoms. The van der Waals surface area contributed by atoms with Gasteiger partial charge in [-0.05, 0) is 19.5 Å². The molecule has 2 rings (SSSR count). The summed E-state index contributed by atoms with van der Waals surface area (Å²) in [6.45, 7) is 12.2. The van der Waals surface area contributed by atoms with E-state index in [2.05, 4.69) is 21.7 Å². The fourth-order valence-corrected chi connectivity index (χ4v) is 2.25. The van der Waals surface area contributed by atoms with Crippen LogP contribution in [0.1, 0.15) is 6.42 Å². The SMILES string of the molecule is C=CCN1CCCN(C2CNC2)CC1. The van der Waals surface area contributed by atoms with Gasteiger partial charge in [-0.1, -0.05) is 6.08 Å². The van der Waals surface area contributed by atoms with E-state index in [1.165, 1.54) is 45.7 Å². The molecule has 0 aromatic heterocycles. The van der Waals surface area contributed by atoms with Crippen LogP contribution in [0.25, 0.3) is 0 Å². The highest BCUT2D eigenvalue weighted by atomic mass is 15.3. The number of rotatable bonds is 3. The molecule has 14 heavy (non-hydrogen) atoms. The first-order valence-corrected chi connectivity index (χ1v) is 5.68. The van der Waals surface area contributed by atoms with Gasteiger partial charge in [0.1, 0.15) is 0 Å². The Labute approximate surface area is 86.8 Å². The van der Waals surface area contributed by atoms with Crippen LogP contribution >= 0.6 is 0 Å². The van der Waals surface area contributed by atoms with Crippen LogP contribution in [0.4, 0.5) is 0 Å². The van der Waals surface area contributed by atoms with Crippen LogP contribution in [0.2, 0.25) is 0 Å². The van der Waals surface area contributed by atoms with Gasteiger partial charge in [-0.2, -0.15) is 0 Å². The molecule has 0 spiro atoms. The highest BCUT2D eigenvalue weighted by Gasteiger charge is 2.25. The van der Waals surface area contributed by atoms with E-state index in [1.807, 2.05) is 6.08 Å². The van der Waals surface area contributed by atoms with Gasteiger partial charge in [0, 0.05) is 38.8 Å². The van der Waals surface area contributed by atoms with Gasteiger partial charge < -0.3 is 5.32 Å². The standard InChI is InChI=1S/C11H21N3/c1-2-4-13-5-3-6-14(8-7-13)11-9-12-10-11/h2,11-12H,1,3-10H2. The summed E-state index contributed by atoms with van der Waals surface area (Å²) in [6.07, 6.45) is 3.32. The molecule has 0 unspecified atom stereocenters. The second-order valence-electron chi connectivity index (χ2n) is 4.29. The van der Waals surface area contributed by atoms with Crippen LogP contribution in [-0.2, 0) is 0 Å². The minimum Gasteiger partial charge on any atom is -0.314 e. The van der Waals surface area contributed by atoms with E-state index in [-0.39, 0.29) is 0 Å². The smallest absolute Gasteiger partial charge is 0.0345 e. The van der Waals surface area contributed by atoms with Gasteiger partial charge in [-0.3, -0.25) is 9.80 Å². The predicted octanol–water partition coefficient (Wildman–Crippen LogP) is 0.152. The van der Waals surface area contributed by atoms with Gasteiger partial charge >= 0.3 is 0 Å². The summed E-state index contributed by atoms with van der Waals surface area (Å²) in [5.41, 5.74) is 0. The zero-order valence-corrected chi connectivity index (χ0v) is 8.91. The number of nitrogens with one attached hydrogen (secondary N) is 1. The van der Waals surface area contributed by atoms with E-state index < -0.39 is 0 Å². The number of hydrogen-bond donors (Lipinski definition) is 1. The maximum Gasteiger partial charge on any atom is 0.0345 e. The Kier molecular flexibility index (Phi) is 3.56. The van der Waals surface area contributed by atoms with Gasteiger partial charge in [0.15, 0.2) is 0 Å². The molecule has 0 aliphatic carbocycles. The zero-order valence-electron chi connectivity index (χ0n) is 8.91. The molecule has 1 N–H and O–H groups in total. The Balaban J connectivity index is 1.78. The average Bonchev–Trinajstić information content (AvgIpc) is 2.29. The third kappa shape index (κ3) is 2.35. The molecular formula is C11H21N3. The lowest BCUT2D eigenvalue weighted by molar-refractivity contribution is 0.150. The first-order valence-electron chi connectivity index (χ1n) is 5.68. The normalized spacial score (nSPS) is 26.9. The van der Waals surface area contributed by atoms with E-state index >= 15 is 0 Å². The first-order chi connectivity index (χ1) is 6.90. The zero-order chi connectivity index (χ0) is 9.80. The molecular weight excluding hydrogens is 174 g/mol. The third-order valence-corrected chi connectivity index (χ3v) is 3.29. The van der Waals surface area contributed by atoms with Gasteiger partial charge in [0.25, 0.3) is 0 Å². The van der Waals surface area contributed by atoms with Gasteiger partial charge in [-0.15, -0.1) is 6.58 Å². The van der Waals surface area contributed by atoms with Crippen LogP contribution in [0.15, 0.2) is 12.7 Å². The maximum absolute atomic E-state index is 3.80. The van der Waals surface area contributed by atoms with Crippen LogP contribution < -0.4 is 5.32 Å². The first kappa shape index (κ1) is 10.1. The summed E-state index contributed by atoms with van der Waals surface area (Å²) in [4.78, 5) is 5.14. The quantitative estimate of drug-likeness (QED) is 0.647. The van der Waals surface area contributed by atoms with Crippen molar-refractivity contribution < 1.29 is 0 Å². The van der Waals surface area contributed by atoms with Crippen LogP contribution in [0, 0.1) is 0 Å². The molecule has 2 aliphatic heterocycles. The molecule has 0 atom stereocenters. The van der Waals surface area contributed by atoms with E-state index in [4.69, 9.17) is 0 Å². The molecule has 2 fully saturated rings. The lowest BCUT2D eigenvalue weighted by Gasteiger charge is -2.37. The monoisotopic (exact) mass is 195 g/mol. The fraction of sp³-hybridized carbons (Fsp3) is 0.818. The summed E-state index contributed by atoms with van der Waals surface area (Å²) >= 11 is 0. The molecule has 0 aromatic rings. The molecule has 80 valence electrons. The predicted molar refractivity (Wildman–Crippen MR) is 59.5 cm³/mol. The molecule has 0 aromatic carbocycles. The minimum atomic E-state index is 0.818. The van der Waals surface area contributed by atoms with E-state index in [0.717, 1.165) is 12.6 Å². The van der Waals surface area contributed by atoms with Gasteiger partial charge in [0.2, 0.25) is 0 Å². The van der Waals surface area contributed by atoms with Crippen molar-refractivity contribution in [2.45, 2.75) is 12.5 Å². The summed E-state index contributed by atoms with van der Waals surface area (Å²) in [6, 6.07) is 0.818. The summed E-state index contributed by atoms with van der Waals surface area (Å²) < 4.78 is 0. The van der Waals surface area contributed by atoms with Crippen molar-refractivity contribution in [3.05, 3.63) is 12.7 Å². The topological polar surface area (TPSA) is 18.5 Å². The Bertz CT molecular complexity index is 189. The second kappa shape index (κ2) is 4.91. The maximum atomic E-state index is 3.80. The fourth-order valence-electron chi connectivity index (χ4n) is 2.25. The van der Waals surface area contributed by atoms with Crippen LogP contribution in [0.3, 0.4) is 0 Å². The number of hydrogen-bond acceptors (Lipinski definition) is 3. The van der Waals surface area contributed by atoms with E-state index in [9.17, 15) is 0 Å². The van der Waals surface area contributed by atoms with Crippen molar-refractivity contribution in [3.8, 4) is 0 Å². The minimum absolute atomic E-state index is 0.818. The third-order valence-electron chi connectivity index (χ3n) is 3.29. The molecule has 0 amide bonds. The molecule has 2 saturated heterocycles. The van der Waals surface area contributed by atoms with Crippen molar-refractivity contribution in [1.82, 2.24) is 15.1 Å². The van der Waals surface area contributed by atoms with Gasteiger partial charge in [-0.25, -0.2) is 0 Å². The Morgan fingerprint density at radius 1 is 1.21 bits per heavy atom. The van der Waals surface area contributed by atoms with Crippen molar-refractivity contribution in [1.29, 1.82) is 0 Å². The van der Waals surface area contributed by atoms with Crippen molar-refractivity contribution >= 4 is 0 Å². The Hall–Kier alpha value is -0.380. The largest absolute Gasteiger partial charge is 0.314 e. The second-order valence-corrected chi connectivity index (χ2v) is 4.29. The molecule has 3 nitrogen and oxygen atoms in total.